The van der Waals surface area contributed by atoms with Crippen molar-refractivity contribution < 1.29 is 19.4 Å². The first kappa shape index (κ1) is 17.3. The van der Waals surface area contributed by atoms with E-state index in [2.05, 4.69) is 4.90 Å². The predicted molar refractivity (Wildman–Crippen MR) is 86.8 cm³/mol. The Balaban J connectivity index is 1.99. The van der Waals surface area contributed by atoms with Gasteiger partial charge in [0.25, 0.3) is 0 Å². The van der Waals surface area contributed by atoms with Crippen LogP contribution in [0, 0.1) is 0 Å². The molecular formula is C17H24N2O4. The minimum absolute atomic E-state index is 0.0500. The monoisotopic (exact) mass is 320 g/mol. The van der Waals surface area contributed by atoms with Gasteiger partial charge in [-0.15, -0.1) is 0 Å². The molecule has 1 fully saturated rings. The molecule has 1 saturated heterocycles. The average molecular weight is 320 g/mol. The van der Waals surface area contributed by atoms with Crippen LogP contribution in [0.4, 0.5) is 0 Å². The molecule has 0 unspecified atom stereocenters. The molecule has 0 bridgehead atoms. The summed E-state index contributed by atoms with van der Waals surface area (Å²) in [7, 11) is 4.04. The van der Waals surface area contributed by atoms with Gasteiger partial charge >= 0.3 is 5.97 Å². The average Bonchev–Trinajstić information content (AvgIpc) is 2.97. The maximum Gasteiger partial charge on any atom is 0.335 e. The van der Waals surface area contributed by atoms with E-state index in [1.807, 2.05) is 25.9 Å². The molecule has 1 aliphatic rings. The molecule has 1 aromatic rings. The third-order valence-electron chi connectivity index (χ3n) is 4.29. The van der Waals surface area contributed by atoms with E-state index in [9.17, 15) is 9.59 Å². The summed E-state index contributed by atoms with van der Waals surface area (Å²) < 4.78 is 5.77. The molecule has 0 aliphatic carbocycles. The van der Waals surface area contributed by atoms with Gasteiger partial charge < -0.3 is 19.6 Å². The summed E-state index contributed by atoms with van der Waals surface area (Å²) in [5.74, 6) is -0.197. The molecule has 2 rings (SSSR count). The molecule has 6 heteroatoms. The largest absolute Gasteiger partial charge is 0.491 e. The first-order valence-electron chi connectivity index (χ1n) is 7.84. The predicted octanol–water partition coefficient (Wildman–Crippen LogP) is 1.70. The number of ether oxygens (including phenoxy) is 1. The van der Waals surface area contributed by atoms with E-state index in [1.54, 1.807) is 12.1 Å². The summed E-state index contributed by atoms with van der Waals surface area (Å²) in [6, 6.07) is 6.72. The number of hydrogen-bond acceptors (Lipinski definition) is 4. The highest BCUT2D eigenvalue weighted by molar-refractivity contribution is 5.87. The highest BCUT2D eigenvalue weighted by Crippen LogP contribution is 2.23. The molecule has 1 N–H and O–H groups in total. The molecule has 0 aromatic heterocycles. The molecule has 0 spiro atoms. The van der Waals surface area contributed by atoms with Crippen molar-refractivity contribution in [3.05, 3.63) is 29.8 Å². The SMILES string of the molecule is CCC(=O)N1C[C@H](N(C)C)C[C@H]1COc1ccc(C(=O)O)cc1. The van der Waals surface area contributed by atoms with Crippen molar-refractivity contribution in [2.24, 2.45) is 0 Å². The number of likely N-dealkylation sites (tertiary alicyclic amines) is 1. The van der Waals surface area contributed by atoms with Crippen molar-refractivity contribution in [1.29, 1.82) is 0 Å². The highest BCUT2D eigenvalue weighted by atomic mass is 16.5. The molecule has 1 aromatic carbocycles. The lowest BCUT2D eigenvalue weighted by atomic mass is 10.1. The topological polar surface area (TPSA) is 70.1 Å². The van der Waals surface area contributed by atoms with Gasteiger partial charge in [-0.1, -0.05) is 6.92 Å². The van der Waals surface area contributed by atoms with Crippen molar-refractivity contribution >= 4 is 11.9 Å². The Morgan fingerprint density at radius 3 is 2.48 bits per heavy atom. The van der Waals surface area contributed by atoms with Crippen LogP contribution in [0.25, 0.3) is 0 Å². The lowest BCUT2D eigenvalue weighted by molar-refractivity contribution is -0.132. The Hall–Kier alpha value is -2.08. The minimum Gasteiger partial charge on any atom is -0.491 e. The van der Waals surface area contributed by atoms with E-state index in [1.165, 1.54) is 12.1 Å². The van der Waals surface area contributed by atoms with E-state index in [0.29, 0.717) is 24.8 Å². The first-order valence-corrected chi connectivity index (χ1v) is 7.84. The third-order valence-corrected chi connectivity index (χ3v) is 4.29. The molecule has 23 heavy (non-hydrogen) atoms. The number of benzene rings is 1. The van der Waals surface area contributed by atoms with Gasteiger partial charge in [0.15, 0.2) is 0 Å². The number of hydrogen-bond donors (Lipinski definition) is 1. The maximum absolute atomic E-state index is 12.1. The number of carbonyl (C=O) groups is 2. The van der Waals surface area contributed by atoms with Gasteiger partial charge in [-0.05, 0) is 44.8 Å². The number of aromatic carboxylic acids is 1. The van der Waals surface area contributed by atoms with Crippen LogP contribution in [-0.2, 0) is 4.79 Å². The Bertz CT molecular complexity index is 556. The van der Waals surface area contributed by atoms with Crippen LogP contribution in [0.3, 0.4) is 0 Å². The normalized spacial score (nSPS) is 20.8. The van der Waals surface area contributed by atoms with Gasteiger partial charge in [0.1, 0.15) is 12.4 Å². The quantitative estimate of drug-likeness (QED) is 0.864. The van der Waals surface area contributed by atoms with E-state index >= 15 is 0 Å². The van der Waals surface area contributed by atoms with Gasteiger partial charge in [0.2, 0.25) is 5.91 Å². The summed E-state index contributed by atoms with van der Waals surface area (Å²) in [5.41, 5.74) is 0.230. The number of carboxylic acids is 1. The third kappa shape index (κ3) is 4.22. The number of amides is 1. The zero-order valence-corrected chi connectivity index (χ0v) is 13.9. The standard InChI is InChI=1S/C17H24N2O4/c1-4-16(20)19-10-13(18(2)3)9-14(19)11-23-15-7-5-12(6-8-15)17(21)22/h5-8,13-14H,4,9-11H2,1-3H3,(H,21,22)/t13-,14+/m1/s1. The molecule has 0 saturated carbocycles. The Labute approximate surface area is 136 Å². The van der Waals surface area contributed by atoms with Crippen molar-refractivity contribution in [2.75, 3.05) is 27.2 Å². The van der Waals surface area contributed by atoms with Crippen molar-refractivity contribution in [2.45, 2.75) is 31.8 Å². The second-order valence-electron chi connectivity index (χ2n) is 6.05. The summed E-state index contributed by atoms with van der Waals surface area (Å²) in [4.78, 5) is 27.0. The minimum atomic E-state index is -0.958. The van der Waals surface area contributed by atoms with Gasteiger partial charge in [-0.25, -0.2) is 4.79 Å². The lowest BCUT2D eigenvalue weighted by Gasteiger charge is -2.24. The van der Waals surface area contributed by atoms with E-state index < -0.39 is 5.97 Å². The zero-order chi connectivity index (χ0) is 17.0. The van der Waals surface area contributed by atoms with Gasteiger partial charge in [-0.3, -0.25) is 4.79 Å². The summed E-state index contributed by atoms with van der Waals surface area (Å²) in [6.07, 6.45) is 1.37. The van der Waals surface area contributed by atoms with Crippen molar-refractivity contribution in [3.63, 3.8) is 0 Å². The number of nitrogens with zero attached hydrogens (tertiary/aromatic N) is 2. The van der Waals surface area contributed by atoms with Crippen LogP contribution in [-0.4, -0.2) is 66.1 Å². The van der Waals surface area contributed by atoms with E-state index in [-0.39, 0.29) is 17.5 Å². The second kappa shape index (κ2) is 7.46. The van der Waals surface area contributed by atoms with Crippen LogP contribution in [0.2, 0.25) is 0 Å². The Morgan fingerprint density at radius 2 is 1.96 bits per heavy atom. The molecule has 126 valence electrons. The highest BCUT2D eigenvalue weighted by Gasteiger charge is 2.35. The van der Waals surface area contributed by atoms with Crippen LogP contribution in [0.5, 0.6) is 5.75 Å². The molecule has 6 nitrogen and oxygen atoms in total. The second-order valence-corrected chi connectivity index (χ2v) is 6.05. The van der Waals surface area contributed by atoms with Crippen molar-refractivity contribution in [3.8, 4) is 5.75 Å². The molecular weight excluding hydrogens is 296 g/mol. The number of rotatable bonds is 6. The smallest absolute Gasteiger partial charge is 0.335 e. The first-order chi connectivity index (χ1) is 10.9. The molecule has 1 amide bonds. The number of likely N-dealkylation sites (N-methyl/N-ethyl adjacent to an activating group) is 1. The fourth-order valence-electron chi connectivity index (χ4n) is 2.82. The van der Waals surface area contributed by atoms with Crippen LogP contribution in [0.15, 0.2) is 24.3 Å². The zero-order valence-electron chi connectivity index (χ0n) is 13.9. The lowest BCUT2D eigenvalue weighted by Crippen LogP contribution is -2.39. The molecule has 0 radical (unpaired) electrons. The van der Waals surface area contributed by atoms with Gasteiger partial charge in [0.05, 0.1) is 11.6 Å². The molecule has 1 aliphatic heterocycles. The van der Waals surface area contributed by atoms with Crippen LogP contribution < -0.4 is 4.74 Å². The summed E-state index contributed by atoms with van der Waals surface area (Å²) in [5, 5.41) is 8.89. The fourth-order valence-corrected chi connectivity index (χ4v) is 2.82. The summed E-state index contributed by atoms with van der Waals surface area (Å²) >= 11 is 0. The van der Waals surface area contributed by atoms with Crippen LogP contribution in [0.1, 0.15) is 30.1 Å². The number of carbonyl (C=O) groups excluding carboxylic acids is 1. The Kier molecular flexibility index (Phi) is 5.60. The van der Waals surface area contributed by atoms with Gasteiger partial charge in [0, 0.05) is 19.0 Å². The van der Waals surface area contributed by atoms with Crippen LogP contribution >= 0.6 is 0 Å². The Morgan fingerprint density at radius 1 is 1.30 bits per heavy atom. The molecule has 1 heterocycles. The van der Waals surface area contributed by atoms with E-state index in [0.717, 1.165) is 13.0 Å². The summed E-state index contributed by atoms with van der Waals surface area (Å²) in [6.45, 7) is 3.02. The molecule has 2 atom stereocenters. The fraction of sp³-hybridized carbons (Fsp3) is 0.529. The maximum atomic E-state index is 12.1. The van der Waals surface area contributed by atoms with Crippen molar-refractivity contribution in [1.82, 2.24) is 9.80 Å². The van der Waals surface area contributed by atoms with E-state index in [4.69, 9.17) is 9.84 Å². The van der Waals surface area contributed by atoms with Gasteiger partial charge in [-0.2, -0.15) is 0 Å². The number of carboxylic acid groups (broad SMARTS) is 1.